The summed E-state index contributed by atoms with van der Waals surface area (Å²) in [4.78, 5) is 31.2. The number of amides is 2. The van der Waals surface area contributed by atoms with Crippen LogP contribution < -0.4 is 10.1 Å². The summed E-state index contributed by atoms with van der Waals surface area (Å²) >= 11 is 0. The van der Waals surface area contributed by atoms with Crippen molar-refractivity contribution in [1.82, 2.24) is 14.8 Å². The van der Waals surface area contributed by atoms with Crippen LogP contribution in [-0.2, 0) is 11.2 Å². The molecule has 0 saturated carbocycles. The van der Waals surface area contributed by atoms with Gasteiger partial charge in [0.05, 0.1) is 7.11 Å². The minimum Gasteiger partial charge on any atom is -0.497 e. The average molecular weight is 368 g/mol. The number of carbonyl (C=O) groups excluding carboxylic acids is 2. The Morgan fingerprint density at radius 1 is 1.19 bits per heavy atom. The zero-order valence-corrected chi connectivity index (χ0v) is 15.4. The summed E-state index contributed by atoms with van der Waals surface area (Å²) in [5.41, 5.74) is 1.81. The molecule has 1 fully saturated rings. The number of carbonyl (C=O) groups is 2. The Kier molecular flexibility index (Phi) is 6.25. The van der Waals surface area contributed by atoms with E-state index in [9.17, 15) is 9.59 Å². The molecule has 0 spiro atoms. The van der Waals surface area contributed by atoms with Crippen LogP contribution in [-0.4, -0.2) is 66.9 Å². The van der Waals surface area contributed by atoms with Crippen LogP contribution in [0, 0.1) is 0 Å². The van der Waals surface area contributed by atoms with Crippen LogP contribution >= 0.6 is 0 Å². The van der Waals surface area contributed by atoms with Gasteiger partial charge in [-0.05, 0) is 36.2 Å². The zero-order valence-electron chi connectivity index (χ0n) is 15.4. The number of hydrogen-bond donors (Lipinski definition) is 1. The highest BCUT2D eigenvalue weighted by Gasteiger charge is 2.21. The van der Waals surface area contributed by atoms with Gasteiger partial charge in [-0.15, -0.1) is 0 Å². The first-order valence-electron chi connectivity index (χ1n) is 9.01. The van der Waals surface area contributed by atoms with Gasteiger partial charge in [-0.1, -0.05) is 12.1 Å². The lowest BCUT2D eigenvalue weighted by molar-refractivity contribution is -0.119. The van der Waals surface area contributed by atoms with Crippen molar-refractivity contribution in [2.45, 2.75) is 6.42 Å². The third-order valence-corrected chi connectivity index (χ3v) is 4.64. The number of nitrogens with one attached hydrogen (secondary N) is 1. The van der Waals surface area contributed by atoms with E-state index in [1.165, 1.54) is 5.56 Å². The fourth-order valence-electron chi connectivity index (χ4n) is 3.00. The monoisotopic (exact) mass is 368 g/mol. The Balaban J connectivity index is 1.53. The van der Waals surface area contributed by atoms with Crippen LogP contribution in [0.2, 0.25) is 0 Å². The second-order valence-electron chi connectivity index (χ2n) is 6.39. The fraction of sp³-hybridized carbons (Fsp3) is 0.350. The molecule has 1 N–H and O–H groups in total. The second-order valence-corrected chi connectivity index (χ2v) is 6.39. The van der Waals surface area contributed by atoms with Crippen LogP contribution in [0.5, 0.6) is 5.75 Å². The van der Waals surface area contributed by atoms with Gasteiger partial charge < -0.3 is 19.9 Å². The molecule has 0 unspecified atom stereocenters. The van der Waals surface area contributed by atoms with Crippen molar-refractivity contribution < 1.29 is 14.3 Å². The smallest absolute Gasteiger partial charge is 0.254 e. The molecule has 1 aliphatic heterocycles. The van der Waals surface area contributed by atoms with Gasteiger partial charge in [0.1, 0.15) is 11.6 Å². The van der Waals surface area contributed by atoms with Gasteiger partial charge in [-0.2, -0.15) is 0 Å². The van der Waals surface area contributed by atoms with Crippen molar-refractivity contribution in [2.24, 2.45) is 0 Å². The van der Waals surface area contributed by atoms with Crippen LogP contribution in [0.3, 0.4) is 0 Å². The van der Waals surface area contributed by atoms with Crippen molar-refractivity contribution in [2.75, 3.05) is 45.2 Å². The van der Waals surface area contributed by atoms with Crippen molar-refractivity contribution >= 4 is 18.1 Å². The molecule has 1 saturated heterocycles. The summed E-state index contributed by atoms with van der Waals surface area (Å²) in [5.74, 6) is 1.50. The molecule has 1 aromatic heterocycles. The highest BCUT2D eigenvalue weighted by molar-refractivity contribution is 5.95. The highest BCUT2D eigenvalue weighted by Crippen LogP contribution is 2.14. The van der Waals surface area contributed by atoms with Crippen LogP contribution in [0.25, 0.3) is 0 Å². The number of methoxy groups -OCH3 is 1. The summed E-state index contributed by atoms with van der Waals surface area (Å²) in [5, 5.41) is 3.27. The summed E-state index contributed by atoms with van der Waals surface area (Å²) < 4.78 is 5.16. The van der Waals surface area contributed by atoms with E-state index in [1.807, 2.05) is 24.3 Å². The minimum absolute atomic E-state index is 0.0267. The molecule has 2 aromatic rings. The third kappa shape index (κ3) is 4.97. The van der Waals surface area contributed by atoms with Crippen molar-refractivity contribution in [3.05, 3.63) is 53.7 Å². The molecule has 142 valence electrons. The number of nitrogens with zero attached hydrogens (tertiary/aromatic N) is 3. The van der Waals surface area contributed by atoms with Gasteiger partial charge in [0.15, 0.2) is 0 Å². The Morgan fingerprint density at radius 2 is 1.93 bits per heavy atom. The number of rotatable bonds is 7. The number of ether oxygens (including phenoxy) is 1. The van der Waals surface area contributed by atoms with Gasteiger partial charge in [-0.25, -0.2) is 4.98 Å². The summed E-state index contributed by atoms with van der Waals surface area (Å²) in [6.07, 6.45) is 3.32. The van der Waals surface area contributed by atoms with E-state index >= 15 is 0 Å². The first-order chi connectivity index (χ1) is 13.2. The zero-order chi connectivity index (χ0) is 19.1. The lowest BCUT2D eigenvalue weighted by atomic mass is 10.1. The molecular formula is C20H24N4O3. The maximum atomic E-state index is 12.7. The lowest BCUT2D eigenvalue weighted by Gasteiger charge is -2.32. The molecule has 27 heavy (non-hydrogen) atoms. The average Bonchev–Trinajstić information content (AvgIpc) is 2.74. The van der Waals surface area contributed by atoms with E-state index in [2.05, 4.69) is 10.3 Å². The standard InChI is InChI=1S/C20H24N4O3/c1-27-18-4-2-16(3-5-18)6-8-21-19-14-17(7-9-22-19)20(26)24-12-10-23(15-25)11-13-24/h2-5,7,9,14-15H,6,8,10-13H2,1H3,(H,21,22). The molecule has 2 heterocycles. The van der Waals surface area contributed by atoms with Crippen LogP contribution in [0.1, 0.15) is 15.9 Å². The number of piperazine rings is 1. The van der Waals surface area contributed by atoms with E-state index in [0.717, 1.165) is 25.1 Å². The predicted molar refractivity (Wildman–Crippen MR) is 103 cm³/mol. The molecular weight excluding hydrogens is 344 g/mol. The Morgan fingerprint density at radius 3 is 2.59 bits per heavy atom. The molecule has 7 nitrogen and oxygen atoms in total. The molecule has 0 aliphatic carbocycles. The van der Waals surface area contributed by atoms with Crippen LogP contribution in [0.15, 0.2) is 42.6 Å². The van der Waals surface area contributed by atoms with Gasteiger partial charge in [0.25, 0.3) is 5.91 Å². The van der Waals surface area contributed by atoms with E-state index in [1.54, 1.807) is 35.2 Å². The van der Waals surface area contributed by atoms with E-state index in [4.69, 9.17) is 4.74 Å². The number of anilines is 1. The first-order valence-corrected chi connectivity index (χ1v) is 9.01. The highest BCUT2D eigenvalue weighted by atomic mass is 16.5. The van der Waals surface area contributed by atoms with Crippen molar-refractivity contribution in [3.63, 3.8) is 0 Å². The molecule has 3 rings (SSSR count). The van der Waals surface area contributed by atoms with Crippen molar-refractivity contribution in [3.8, 4) is 5.75 Å². The maximum absolute atomic E-state index is 12.7. The molecule has 0 radical (unpaired) electrons. The van der Waals surface area contributed by atoms with E-state index in [-0.39, 0.29) is 5.91 Å². The number of benzene rings is 1. The van der Waals surface area contributed by atoms with E-state index in [0.29, 0.717) is 37.6 Å². The Bertz CT molecular complexity index is 771. The molecule has 2 amide bonds. The fourth-order valence-corrected chi connectivity index (χ4v) is 3.00. The molecule has 1 aromatic carbocycles. The summed E-state index contributed by atoms with van der Waals surface area (Å²) in [6, 6.07) is 11.5. The molecule has 0 bridgehead atoms. The predicted octanol–water partition coefficient (Wildman–Crippen LogP) is 1.66. The molecule has 1 aliphatic rings. The lowest BCUT2D eigenvalue weighted by Crippen LogP contribution is -2.48. The third-order valence-electron chi connectivity index (χ3n) is 4.64. The first kappa shape index (κ1) is 18.7. The van der Waals surface area contributed by atoms with Gasteiger partial charge in [0, 0.05) is 44.5 Å². The second kappa shape index (κ2) is 9.02. The van der Waals surface area contributed by atoms with Gasteiger partial charge >= 0.3 is 0 Å². The topological polar surface area (TPSA) is 74.8 Å². The van der Waals surface area contributed by atoms with Crippen LogP contribution in [0.4, 0.5) is 5.82 Å². The summed E-state index contributed by atoms with van der Waals surface area (Å²) in [6.45, 7) is 2.98. The molecule has 0 atom stereocenters. The largest absolute Gasteiger partial charge is 0.497 e. The quantitative estimate of drug-likeness (QED) is 0.753. The van der Waals surface area contributed by atoms with Gasteiger partial charge in [-0.3, -0.25) is 9.59 Å². The molecule has 7 heteroatoms. The number of pyridine rings is 1. The summed E-state index contributed by atoms with van der Waals surface area (Å²) in [7, 11) is 1.65. The SMILES string of the molecule is COc1ccc(CCNc2cc(C(=O)N3CCN(C=O)CC3)ccn2)cc1. The Hall–Kier alpha value is -3.09. The Labute approximate surface area is 158 Å². The number of hydrogen-bond acceptors (Lipinski definition) is 5. The van der Waals surface area contributed by atoms with Crippen molar-refractivity contribution in [1.29, 1.82) is 0 Å². The van der Waals surface area contributed by atoms with Gasteiger partial charge in [0.2, 0.25) is 6.41 Å². The minimum atomic E-state index is -0.0267. The number of aromatic nitrogens is 1. The van der Waals surface area contributed by atoms with E-state index < -0.39 is 0 Å². The normalized spacial score (nSPS) is 14.0. The maximum Gasteiger partial charge on any atom is 0.254 e.